The molecule has 7 heteroatoms. The number of fused-ring (bicyclic) bond motifs is 2. The Bertz CT molecular complexity index is 1500. The summed E-state index contributed by atoms with van der Waals surface area (Å²) in [5, 5.41) is 4.94. The minimum absolute atomic E-state index is 0.0772. The summed E-state index contributed by atoms with van der Waals surface area (Å²) in [6.45, 7) is 9.80. The van der Waals surface area contributed by atoms with E-state index in [9.17, 15) is 9.18 Å². The molecule has 0 bridgehead atoms. The lowest BCUT2D eigenvalue weighted by Gasteiger charge is -2.45. The number of hydrogen-bond donors (Lipinski definition) is 0. The molecule has 0 N–H and O–H groups in total. The molecular formula is C28H37FN4O2. The van der Waals surface area contributed by atoms with E-state index in [0.717, 1.165) is 5.39 Å². The van der Waals surface area contributed by atoms with E-state index in [1.165, 1.54) is 17.0 Å². The highest BCUT2D eigenvalue weighted by atomic mass is 19.1. The minimum Gasteiger partial charge on any atom is -0.356 e. The quantitative estimate of drug-likeness (QED) is 0.506. The van der Waals surface area contributed by atoms with Crippen molar-refractivity contribution < 1.29 is 14.4 Å². The van der Waals surface area contributed by atoms with E-state index in [2.05, 4.69) is 30.9 Å². The van der Waals surface area contributed by atoms with Crippen LogP contribution >= 0.6 is 0 Å². The molecule has 2 aliphatic rings. The zero-order chi connectivity index (χ0) is 28.7. The highest BCUT2D eigenvalue weighted by molar-refractivity contribution is 5.79. The Kier molecular flexibility index (Phi) is 4.79. The molecular weight excluding hydrogens is 443 g/mol. The Hall–Kier alpha value is -2.54. The van der Waals surface area contributed by atoms with Gasteiger partial charge in [0.2, 0.25) is 0 Å². The van der Waals surface area contributed by atoms with Crippen molar-refractivity contribution >= 4 is 11.0 Å². The van der Waals surface area contributed by atoms with Crippen LogP contribution in [0.2, 0.25) is 0 Å². The molecule has 3 aromatic rings. The topological polar surface area (TPSA) is 64.2 Å². The summed E-state index contributed by atoms with van der Waals surface area (Å²) < 4.78 is 57.0. The summed E-state index contributed by atoms with van der Waals surface area (Å²) >= 11 is 0. The third-order valence-electron chi connectivity index (χ3n) is 8.16. The van der Waals surface area contributed by atoms with Gasteiger partial charge in [0.05, 0.1) is 5.69 Å². The van der Waals surface area contributed by atoms with Crippen LogP contribution in [0.1, 0.15) is 81.6 Å². The van der Waals surface area contributed by atoms with Gasteiger partial charge in [0.15, 0.2) is 5.58 Å². The lowest BCUT2D eigenvalue weighted by atomic mass is 9.75. The van der Waals surface area contributed by atoms with Crippen LogP contribution in [0.25, 0.3) is 11.0 Å². The van der Waals surface area contributed by atoms with Crippen molar-refractivity contribution in [1.29, 1.82) is 0 Å². The molecule has 0 saturated carbocycles. The van der Waals surface area contributed by atoms with E-state index >= 15 is 0 Å². The first-order valence-corrected chi connectivity index (χ1v) is 12.4. The molecule has 1 fully saturated rings. The fourth-order valence-corrected chi connectivity index (χ4v) is 5.49. The number of aryl methyl sites for hydroxylation is 1. The Balaban J connectivity index is 1.48. The smallest absolute Gasteiger partial charge is 0.257 e. The van der Waals surface area contributed by atoms with Crippen molar-refractivity contribution in [2.45, 2.75) is 85.2 Å². The molecule has 0 amide bonds. The number of halogens is 1. The van der Waals surface area contributed by atoms with Crippen LogP contribution in [0.4, 0.5) is 4.39 Å². The van der Waals surface area contributed by atoms with E-state index < -0.39 is 29.8 Å². The van der Waals surface area contributed by atoms with E-state index in [1.807, 2.05) is 13.8 Å². The second-order valence-corrected chi connectivity index (χ2v) is 11.6. The molecule has 0 radical (unpaired) electrons. The van der Waals surface area contributed by atoms with Gasteiger partial charge in [0.25, 0.3) is 5.56 Å². The molecule has 5 rings (SSSR count). The van der Waals surface area contributed by atoms with Crippen LogP contribution in [-0.2, 0) is 19.3 Å². The number of benzene rings is 1. The molecule has 1 aromatic carbocycles. The number of rotatable bonds is 4. The van der Waals surface area contributed by atoms with E-state index in [4.69, 9.17) is 10.0 Å². The summed E-state index contributed by atoms with van der Waals surface area (Å²) in [6, 6.07) is 4.31. The normalized spacial score (nSPS) is 26.5. The van der Waals surface area contributed by atoms with Crippen LogP contribution in [0, 0.1) is 24.1 Å². The summed E-state index contributed by atoms with van der Waals surface area (Å²) in [5.41, 5.74) is -0.367. The van der Waals surface area contributed by atoms with Gasteiger partial charge in [0, 0.05) is 59.1 Å². The molecule has 0 spiro atoms. The first kappa shape index (κ1) is 19.6. The maximum Gasteiger partial charge on any atom is 0.257 e. The summed E-state index contributed by atoms with van der Waals surface area (Å²) in [7, 11) is 0. The molecule has 6 nitrogen and oxygen atoms in total. The van der Waals surface area contributed by atoms with Crippen LogP contribution in [-0.4, -0.2) is 38.2 Å². The van der Waals surface area contributed by atoms with Crippen LogP contribution in [0.5, 0.6) is 0 Å². The highest BCUT2D eigenvalue weighted by Crippen LogP contribution is 2.40. The Morgan fingerprint density at radius 2 is 2.06 bits per heavy atom. The number of hydrogen-bond acceptors (Lipinski definition) is 5. The third kappa shape index (κ3) is 4.32. The maximum atomic E-state index is 13.8. The van der Waals surface area contributed by atoms with Crippen molar-refractivity contribution in [1.82, 2.24) is 19.6 Å². The van der Waals surface area contributed by atoms with Crippen LogP contribution < -0.4 is 5.56 Å². The zero-order valence-corrected chi connectivity index (χ0v) is 21.4. The minimum atomic E-state index is -2.63. The van der Waals surface area contributed by atoms with Gasteiger partial charge in [0.1, 0.15) is 11.6 Å². The van der Waals surface area contributed by atoms with Gasteiger partial charge >= 0.3 is 0 Å². The SMILES string of the molecule is [2H]C([2H])(c1c(C)nc2n(c1=O)CC(C)(C)C(C)C2)C([2H])([2H])N1CCC(c2noc3cc(F)ccc23)CC1(C)C. The van der Waals surface area contributed by atoms with Gasteiger partial charge in [-0.3, -0.25) is 14.3 Å². The zero-order valence-electron chi connectivity index (χ0n) is 25.4. The first-order valence-electron chi connectivity index (χ1n) is 14.4. The molecule has 2 aromatic heterocycles. The third-order valence-corrected chi connectivity index (χ3v) is 8.16. The van der Waals surface area contributed by atoms with E-state index in [-0.39, 0.29) is 29.1 Å². The van der Waals surface area contributed by atoms with Crippen LogP contribution in [0.3, 0.4) is 0 Å². The van der Waals surface area contributed by atoms with Crippen molar-refractivity contribution in [2.24, 2.45) is 11.3 Å². The second-order valence-electron chi connectivity index (χ2n) is 11.6. The molecule has 35 heavy (non-hydrogen) atoms. The van der Waals surface area contributed by atoms with E-state index in [0.29, 0.717) is 48.8 Å². The average Bonchev–Trinajstić information content (AvgIpc) is 3.22. The Morgan fingerprint density at radius 1 is 1.29 bits per heavy atom. The Morgan fingerprint density at radius 3 is 2.80 bits per heavy atom. The van der Waals surface area contributed by atoms with Gasteiger partial charge < -0.3 is 4.52 Å². The lowest BCUT2D eigenvalue weighted by Crippen LogP contribution is -2.50. The highest BCUT2D eigenvalue weighted by Gasteiger charge is 2.38. The standard InChI is InChI=1S/C28H37FN4O2/c1-17-13-24-30-18(2)21(26(34)33(24)16-27(17,3)4)10-12-32-11-9-19(15-28(32,5)6)25-22-8-7-20(29)14-23(22)35-31-25/h7-8,14,17,19H,9-13,15-16H2,1-6H3/i10D2,12D2. The van der Waals surface area contributed by atoms with Crippen molar-refractivity contribution in [2.75, 3.05) is 13.0 Å². The maximum absolute atomic E-state index is 13.8. The molecule has 4 heterocycles. The molecule has 1 saturated heterocycles. The number of nitrogens with zero attached hydrogens (tertiary/aromatic N) is 4. The lowest BCUT2D eigenvalue weighted by molar-refractivity contribution is 0.0653. The first-order chi connectivity index (χ1) is 18.0. The average molecular weight is 485 g/mol. The molecule has 2 atom stereocenters. The fourth-order valence-electron chi connectivity index (χ4n) is 5.49. The van der Waals surface area contributed by atoms with Crippen molar-refractivity contribution in [3.63, 3.8) is 0 Å². The largest absolute Gasteiger partial charge is 0.356 e. The number of aromatic nitrogens is 3. The predicted molar refractivity (Wildman–Crippen MR) is 135 cm³/mol. The van der Waals surface area contributed by atoms with Crippen LogP contribution in [0.15, 0.2) is 27.5 Å². The van der Waals surface area contributed by atoms with Gasteiger partial charge in [-0.15, -0.1) is 0 Å². The predicted octanol–water partition coefficient (Wildman–Crippen LogP) is 5.25. The number of piperidine rings is 1. The van der Waals surface area contributed by atoms with Crippen molar-refractivity contribution in [3.8, 4) is 0 Å². The second kappa shape index (κ2) is 8.54. The molecule has 2 unspecified atom stereocenters. The van der Waals surface area contributed by atoms with E-state index in [1.54, 1.807) is 17.6 Å². The number of likely N-dealkylation sites (tertiary alicyclic amines) is 1. The van der Waals surface area contributed by atoms with Crippen molar-refractivity contribution in [3.05, 3.63) is 57.1 Å². The Labute approximate surface area is 212 Å². The summed E-state index contributed by atoms with van der Waals surface area (Å²) in [5.74, 6) is 0.453. The van der Waals surface area contributed by atoms with Gasteiger partial charge in [-0.2, -0.15) is 0 Å². The summed E-state index contributed by atoms with van der Waals surface area (Å²) in [6.07, 6.45) is -1.03. The van der Waals surface area contributed by atoms with Gasteiger partial charge in [-0.1, -0.05) is 25.9 Å². The summed E-state index contributed by atoms with van der Waals surface area (Å²) in [4.78, 5) is 19.9. The molecule has 0 aliphatic carbocycles. The molecule has 2 aliphatic heterocycles. The fraction of sp³-hybridized carbons (Fsp3) is 0.607. The monoisotopic (exact) mass is 484 g/mol. The van der Waals surface area contributed by atoms with Gasteiger partial charge in [-0.05, 0) is 70.0 Å². The molecule has 188 valence electrons. The van der Waals surface area contributed by atoms with Gasteiger partial charge in [-0.25, -0.2) is 9.37 Å².